The molecule has 2 amide bonds. The van der Waals surface area contributed by atoms with Crippen LogP contribution >= 0.6 is 11.3 Å². The van der Waals surface area contributed by atoms with Gasteiger partial charge in [0.15, 0.2) is 0 Å². The third-order valence-electron chi connectivity index (χ3n) is 2.51. The number of amides is 2. The van der Waals surface area contributed by atoms with Crippen molar-refractivity contribution in [3.63, 3.8) is 0 Å². The Balaban J connectivity index is 2.10. The van der Waals surface area contributed by atoms with Crippen LogP contribution in [0.25, 0.3) is 0 Å². The molecule has 1 aromatic heterocycles. The second kappa shape index (κ2) is 6.06. The molecule has 9 heteroatoms. The Hall–Kier alpha value is -2.55. The molecule has 0 unspecified atom stereocenters. The van der Waals surface area contributed by atoms with E-state index in [-0.39, 0.29) is 16.1 Å². The molecule has 0 aliphatic rings. The van der Waals surface area contributed by atoms with E-state index in [0.29, 0.717) is 0 Å². The second-order valence-electron chi connectivity index (χ2n) is 4.05. The first-order valence-corrected chi connectivity index (χ1v) is 6.68. The molecule has 1 aromatic carbocycles. The number of hydrogen-bond donors (Lipinski definition) is 2. The minimum absolute atomic E-state index is 0.110. The molecular formula is C13H9F3N2O3S. The number of hydrogen-bond acceptors (Lipinski definition) is 4. The normalized spacial score (nSPS) is 11.0. The molecule has 0 saturated heterocycles. The van der Waals surface area contributed by atoms with Gasteiger partial charge in [0.25, 0.3) is 11.8 Å². The van der Waals surface area contributed by atoms with Crippen LogP contribution in [0.2, 0.25) is 0 Å². The molecule has 0 radical (unpaired) electrons. The third kappa shape index (κ3) is 3.98. The van der Waals surface area contributed by atoms with Gasteiger partial charge in [-0.2, -0.15) is 0 Å². The van der Waals surface area contributed by atoms with E-state index >= 15 is 0 Å². The van der Waals surface area contributed by atoms with E-state index in [4.69, 9.17) is 5.73 Å². The first-order chi connectivity index (χ1) is 10.3. The summed E-state index contributed by atoms with van der Waals surface area (Å²) in [5.74, 6) is -1.70. The number of primary amides is 1. The van der Waals surface area contributed by atoms with Crippen molar-refractivity contribution in [3.05, 3.63) is 46.8 Å². The summed E-state index contributed by atoms with van der Waals surface area (Å²) in [6.45, 7) is 0. The molecule has 0 atom stereocenters. The van der Waals surface area contributed by atoms with Gasteiger partial charge < -0.3 is 15.8 Å². The quantitative estimate of drug-likeness (QED) is 0.904. The molecule has 2 aromatic rings. The summed E-state index contributed by atoms with van der Waals surface area (Å²) >= 11 is 1.11. The van der Waals surface area contributed by atoms with E-state index in [1.165, 1.54) is 18.2 Å². The van der Waals surface area contributed by atoms with Crippen LogP contribution in [0.3, 0.4) is 0 Å². The van der Waals surface area contributed by atoms with E-state index in [1.54, 1.807) is 5.38 Å². The molecule has 2 rings (SSSR count). The second-order valence-corrected chi connectivity index (χ2v) is 4.97. The zero-order chi connectivity index (χ0) is 16.3. The lowest BCUT2D eigenvalue weighted by Gasteiger charge is -2.09. The van der Waals surface area contributed by atoms with Gasteiger partial charge in [-0.25, -0.2) is 0 Å². The lowest BCUT2D eigenvalue weighted by atomic mass is 10.2. The fraction of sp³-hybridized carbons (Fsp3) is 0.0769. The number of carbonyl (C=O) groups is 2. The molecule has 0 aliphatic carbocycles. The van der Waals surface area contributed by atoms with E-state index in [0.717, 1.165) is 23.5 Å². The number of halogens is 3. The molecule has 5 nitrogen and oxygen atoms in total. The molecule has 1 heterocycles. The summed E-state index contributed by atoms with van der Waals surface area (Å²) < 4.78 is 39.8. The average molecular weight is 330 g/mol. The Morgan fingerprint density at radius 2 is 1.77 bits per heavy atom. The van der Waals surface area contributed by atoms with Gasteiger partial charge in [0.1, 0.15) is 10.8 Å². The van der Waals surface area contributed by atoms with Crippen molar-refractivity contribution in [2.45, 2.75) is 6.36 Å². The minimum atomic E-state index is -4.79. The largest absolute Gasteiger partial charge is 0.573 e. The van der Waals surface area contributed by atoms with E-state index in [1.807, 2.05) is 0 Å². The topological polar surface area (TPSA) is 81.4 Å². The number of anilines is 1. The number of nitrogens with one attached hydrogen (secondary N) is 1. The molecule has 22 heavy (non-hydrogen) atoms. The van der Waals surface area contributed by atoms with E-state index in [2.05, 4.69) is 10.1 Å². The van der Waals surface area contributed by atoms with Crippen molar-refractivity contribution in [3.8, 4) is 5.75 Å². The van der Waals surface area contributed by atoms with E-state index in [9.17, 15) is 22.8 Å². The van der Waals surface area contributed by atoms with Crippen molar-refractivity contribution >= 4 is 28.2 Å². The van der Waals surface area contributed by atoms with Gasteiger partial charge in [-0.1, -0.05) is 0 Å². The van der Waals surface area contributed by atoms with Crippen LogP contribution in [0.1, 0.15) is 20.7 Å². The lowest BCUT2D eigenvalue weighted by Crippen LogP contribution is -2.18. The zero-order valence-corrected chi connectivity index (χ0v) is 11.6. The highest BCUT2D eigenvalue weighted by Gasteiger charge is 2.31. The molecule has 3 N–H and O–H groups in total. The van der Waals surface area contributed by atoms with Crippen LogP contribution in [0.15, 0.2) is 35.7 Å². The number of thiophene rings is 1. The third-order valence-corrected chi connectivity index (χ3v) is 3.34. The Labute approximate surface area is 126 Å². The van der Waals surface area contributed by atoms with Crippen LogP contribution in [0, 0.1) is 0 Å². The van der Waals surface area contributed by atoms with Crippen LogP contribution in [0.5, 0.6) is 5.75 Å². The average Bonchev–Trinajstić information content (AvgIpc) is 2.86. The summed E-state index contributed by atoms with van der Waals surface area (Å²) in [4.78, 5) is 23.1. The summed E-state index contributed by atoms with van der Waals surface area (Å²) in [5, 5.41) is 4.32. The van der Waals surface area contributed by atoms with Crippen LogP contribution in [-0.4, -0.2) is 18.2 Å². The lowest BCUT2D eigenvalue weighted by molar-refractivity contribution is -0.274. The van der Waals surface area contributed by atoms with Crippen molar-refractivity contribution in [1.29, 1.82) is 0 Å². The maximum absolute atomic E-state index is 12.0. The molecule has 116 valence electrons. The Morgan fingerprint density at radius 3 is 2.32 bits per heavy atom. The molecule has 0 spiro atoms. The molecule has 0 bridgehead atoms. The van der Waals surface area contributed by atoms with Gasteiger partial charge in [0, 0.05) is 5.56 Å². The van der Waals surface area contributed by atoms with Crippen molar-refractivity contribution < 1.29 is 27.5 Å². The Kier molecular flexibility index (Phi) is 4.36. The van der Waals surface area contributed by atoms with Crippen molar-refractivity contribution in [2.24, 2.45) is 5.73 Å². The fourth-order valence-corrected chi connectivity index (χ4v) is 2.37. The smallest absolute Gasteiger partial charge is 0.406 e. The number of benzene rings is 1. The number of ether oxygens (including phenoxy) is 1. The Bertz CT molecular complexity index is 695. The molecule has 0 fully saturated rings. The highest BCUT2D eigenvalue weighted by Crippen LogP contribution is 2.25. The summed E-state index contributed by atoms with van der Waals surface area (Å²) in [6.07, 6.45) is -4.79. The van der Waals surface area contributed by atoms with Gasteiger partial charge >= 0.3 is 6.36 Å². The number of nitrogens with two attached hydrogens (primary N) is 1. The van der Waals surface area contributed by atoms with Gasteiger partial charge in [0.05, 0.1) is 5.56 Å². The van der Waals surface area contributed by atoms with Crippen molar-refractivity contribution in [1.82, 2.24) is 0 Å². The van der Waals surface area contributed by atoms with Gasteiger partial charge in [-0.15, -0.1) is 24.5 Å². The predicted octanol–water partition coefficient (Wildman–Crippen LogP) is 3.00. The van der Waals surface area contributed by atoms with Gasteiger partial charge in [-0.3, -0.25) is 9.59 Å². The van der Waals surface area contributed by atoms with Gasteiger partial charge in [0.2, 0.25) is 0 Å². The first kappa shape index (κ1) is 15.8. The highest BCUT2D eigenvalue weighted by atomic mass is 32.1. The summed E-state index contributed by atoms with van der Waals surface area (Å²) in [7, 11) is 0. The number of carbonyl (C=O) groups excluding carboxylic acids is 2. The van der Waals surface area contributed by atoms with Crippen LogP contribution in [0.4, 0.5) is 18.2 Å². The number of alkyl halides is 3. The maximum atomic E-state index is 12.0. The molecule has 0 saturated carbocycles. The van der Waals surface area contributed by atoms with Crippen molar-refractivity contribution in [2.75, 3.05) is 5.32 Å². The highest BCUT2D eigenvalue weighted by molar-refractivity contribution is 7.14. The van der Waals surface area contributed by atoms with Crippen LogP contribution < -0.4 is 15.8 Å². The van der Waals surface area contributed by atoms with Crippen LogP contribution in [-0.2, 0) is 0 Å². The summed E-state index contributed by atoms with van der Waals surface area (Å²) in [5.41, 5.74) is 5.42. The van der Waals surface area contributed by atoms with E-state index < -0.39 is 23.9 Å². The monoisotopic (exact) mass is 330 g/mol. The number of rotatable bonds is 4. The predicted molar refractivity (Wildman–Crippen MR) is 73.9 cm³/mol. The fourth-order valence-electron chi connectivity index (χ4n) is 1.58. The molecular weight excluding hydrogens is 321 g/mol. The van der Waals surface area contributed by atoms with Gasteiger partial charge in [-0.05, 0) is 35.7 Å². The summed E-state index contributed by atoms with van der Waals surface area (Å²) in [6, 6.07) is 5.85. The minimum Gasteiger partial charge on any atom is -0.406 e. The zero-order valence-electron chi connectivity index (χ0n) is 10.8. The maximum Gasteiger partial charge on any atom is 0.573 e. The molecule has 0 aliphatic heterocycles. The standard InChI is InChI=1S/C13H9F3N2O3S/c14-13(15,16)21-8-3-1-7(2-4-8)11(20)18-12-9(10(17)19)5-6-22-12/h1-6H,(H2,17,19)(H,18,20). The Morgan fingerprint density at radius 1 is 1.14 bits per heavy atom. The SMILES string of the molecule is NC(=O)c1ccsc1NC(=O)c1ccc(OC(F)(F)F)cc1. The first-order valence-electron chi connectivity index (χ1n) is 5.81.